The summed E-state index contributed by atoms with van der Waals surface area (Å²) >= 11 is 0. The first-order chi connectivity index (χ1) is 7.19. The van der Waals surface area contributed by atoms with E-state index in [2.05, 4.69) is 0 Å². The van der Waals surface area contributed by atoms with Crippen LogP contribution in [0.5, 0.6) is 11.5 Å². The zero-order valence-corrected chi connectivity index (χ0v) is 8.40. The first-order valence-electron chi connectivity index (χ1n) is 4.67. The van der Waals surface area contributed by atoms with E-state index in [1.165, 1.54) is 18.2 Å². The molecule has 0 aliphatic carbocycles. The normalized spacial score (nSPS) is 9.67. The molecule has 0 aliphatic heterocycles. The zero-order valence-electron chi connectivity index (χ0n) is 8.40. The lowest BCUT2D eigenvalue weighted by Crippen LogP contribution is -2.08. The molecule has 15 heavy (non-hydrogen) atoms. The molecule has 80 valence electrons. The maximum Gasteiger partial charge on any atom is 0.311 e. The van der Waals surface area contributed by atoms with Gasteiger partial charge in [-0.25, -0.2) is 0 Å². The van der Waals surface area contributed by atoms with E-state index in [4.69, 9.17) is 4.74 Å². The Bertz CT molecular complexity index is 371. The number of hydrogen-bond donors (Lipinski definition) is 1. The monoisotopic (exact) mass is 208 g/mol. The molecule has 0 bridgehead atoms. The second-order valence-corrected chi connectivity index (χ2v) is 3.04. The SMILES string of the molecule is CCCC(=O)Oc1c(O)cccc1C=O. The lowest BCUT2D eigenvalue weighted by Gasteiger charge is -2.07. The molecule has 0 saturated carbocycles. The average Bonchev–Trinajstić information content (AvgIpc) is 2.21. The minimum absolute atomic E-state index is 0.0639. The van der Waals surface area contributed by atoms with E-state index in [0.717, 1.165) is 0 Å². The number of esters is 1. The third-order valence-corrected chi connectivity index (χ3v) is 1.82. The molecule has 0 radical (unpaired) electrons. The molecule has 4 nitrogen and oxygen atoms in total. The van der Waals surface area contributed by atoms with Crippen molar-refractivity contribution in [3.63, 3.8) is 0 Å². The largest absolute Gasteiger partial charge is 0.504 e. The van der Waals surface area contributed by atoms with E-state index in [1.807, 2.05) is 6.92 Å². The van der Waals surface area contributed by atoms with Gasteiger partial charge in [0.05, 0.1) is 5.56 Å². The van der Waals surface area contributed by atoms with Gasteiger partial charge in [0.2, 0.25) is 0 Å². The summed E-state index contributed by atoms with van der Waals surface area (Å²) in [6.07, 6.45) is 1.45. The number of phenols is 1. The van der Waals surface area contributed by atoms with Crippen LogP contribution in [0.1, 0.15) is 30.1 Å². The van der Waals surface area contributed by atoms with Crippen LogP contribution in [-0.2, 0) is 4.79 Å². The van der Waals surface area contributed by atoms with Gasteiger partial charge in [-0.3, -0.25) is 9.59 Å². The average molecular weight is 208 g/mol. The lowest BCUT2D eigenvalue weighted by atomic mass is 10.2. The number of hydrogen-bond acceptors (Lipinski definition) is 4. The molecule has 0 aromatic heterocycles. The van der Waals surface area contributed by atoms with Crippen molar-refractivity contribution in [2.45, 2.75) is 19.8 Å². The first kappa shape index (κ1) is 11.2. The first-order valence-corrected chi connectivity index (χ1v) is 4.67. The number of benzene rings is 1. The second kappa shape index (κ2) is 5.14. The van der Waals surface area contributed by atoms with Crippen LogP contribution in [0.25, 0.3) is 0 Å². The number of aldehydes is 1. The van der Waals surface area contributed by atoms with Crippen LogP contribution in [0.3, 0.4) is 0 Å². The van der Waals surface area contributed by atoms with Gasteiger partial charge in [0.25, 0.3) is 0 Å². The third-order valence-electron chi connectivity index (χ3n) is 1.82. The molecule has 0 amide bonds. The van der Waals surface area contributed by atoms with Gasteiger partial charge in [-0.15, -0.1) is 0 Å². The number of ether oxygens (including phenoxy) is 1. The molecule has 1 aromatic rings. The maximum atomic E-state index is 11.2. The smallest absolute Gasteiger partial charge is 0.311 e. The van der Waals surface area contributed by atoms with Gasteiger partial charge in [0.1, 0.15) is 0 Å². The highest BCUT2D eigenvalue weighted by Gasteiger charge is 2.12. The van der Waals surface area contributed by atoms with Crippen LogP contribution in [0.2, 0.25) is 0 Å². The summed E-state index contributed by atoms with van der Waals surface area (Å²) < 4.78 is 4.89. The van der Waals surface area contributed by atoms with Crippen LogP contribution < -0.4 is 4.74 Å². The maximum absolute atomic E-state index is 11.2. The number of para-hydroxylation sites is 1. The Morgan fingerprint density at radius 2 is 2.27 bits per heavy atom. The fourth-order valence-corrected chi connectivity index (χ4v) is 1.12. The van der Waals surface area contributed by atoms with Crippen molar-refractivity contribution in [1.82, 2.24) is 0 Å². The van der Waals surface area contributed by atoms with E-state index in [-0.39, 0.29) is 23.5 Å². The van der Waals surface area contributed by atoms with Crippen molar-refractivity contribution in [3.05, 3.63) is 23.8 Å². The van der Waals surface area contributed by atoms with E-state index in [9.17, 15) is 14.7 Å². The van der Waals surface area contributed by atoms with Crippen LogP contribution in [0.4, 0.5) is 0 Å². The van der Waals surface area contributed by atoms with Gasteiger partial charge >= 0.3 is 5.97 Å². The zero-order chi connectivity index (χ0) is 11.3. The van der Waals surface area contributed by atoms with Crippen molar-refractivity contribution < 1.29 is 19.4 Å². The van der Waals surface area contributed by atoms with Gasteiger partial charge in [-0.2, -0.15) is 0 Å². The minimum atomic E-state index is -0.456. The van der Waals surface area contributed by atoms with E-state index >= 15 is 0 Å². The molecule has 0 spiro atoms. The number of carbonyl (C=O) groups is 2. The van der Waals surface area contributed by atoms with Crippen LogP contribution in [0, 0.1) is 0 Å². The number of phenolic OH excluding ortho intramolecular Hbond substituents is 1. The molecular weight excluding hydrogens is 196 g/mol. The van der Waals surface area contributed by atoms with Gasteiger partial charge in [0.15, 0.2) is 17.8 Å². The number of aromatic hydroxyl groups is 1. The molecule has 0 fully saturated rings. The Morgan fingerprint density at radius 3 is 2.87 bits per heavy atom. The minimum Gasteiger partial charge on any atom is -0.504 e. The number of carbonyl (C=O) groups excluding carboxylic acids is 2. The molecule has 1 N–H and O–H groups in total. The molecule has 0 atom stereocenters. The van der Waals surface area contributed by atoms with Crippen molar-refractivity contribution in [3.8, 4) is 11.5 Å². The summed E-state index contributed by atoms with van der Waals surface area (Å²) in [6, 6.07) is 4.35. The van der Waals surface area contributed by atoms with Crippen molar-refractivity contribution >= 4 is 12.3 Å². The quantitative estimate of drug-likeness (QED) is 0.466. The summed E-state index contributed by atoms with van der Waals surface area (Å²) in [5, 5.41) is 9.40. The molecule has 1 aromatic carbocycles. The van der Waals surface area contributed by atoms with E-state index < -0.39 is 5.97 Å². The van der Waals surface area contributed by atoms with Gasteiger partial charge in [0, 0.05) is 6.42 Å². The number of rotatable bonds is 4. The van der Waals surface area contributed by atoms with Crippen LogP contribution in [0.15, 0.2) is 18.2 Å². The highest BCUT2D eigenvalue weighted by Crippen LogP contribution is 2.29. The molecule has 0 unspecified atom stereocenters. The Hall–Kier alpha value is -1.84. The fraction of sp³-hybridized carbons (Fsp3) is 0.273. The Balaban J connectivity index is 2.92. The predicted octanol–water partition coefficient (Wildman–Crippen LogP) is 1.91. The van der Waals surface area contributed by atoms with Crippen LogP contribution >= 0.6 is 0 Å². The highest BCUT2D eigenvalue weighted by atomic mass is 16.5. The van der Waals surface area contributed by atoms with Gasteiger partial charge in [-0.1, -0.05) is 13.0 Å². The van der Waals surface area contributed by atoms with Crippen molar-refractivity contribution in [2.75, 3.05) is 0 Å². The molecule has 0 saturated heterocycles. The van der Waals surface area contributed by atoms with Gasteiger partial charge in [-0.05, 0) is 18.6 Å². The third kappa shape index (κ3) is 2.80. The molecule has 0 heterocycles. The lowest BCUT2D eigenvalue weighted by molar-refractivity contribution is -0.134. The standard InChI is InChI=1S/C11H12O4/c1-2-4-10(14)15-11-8(7-12)5-3-6-9(11)13/h3,5-7,13H,2,4H2,1H3. The molecule has 1 rings (SSSR count). The summed E-state index contributed by atoms with van der Waals surface area (Å²) in [4.78, 5) is 21.8. The molecule has 0 aliphatic rings. The summed E-state index contributed by atoms with van der Waals surface area (Å²) in [6.45, 7) is 1.84. The summed E-state index contributed by atoms with van der Waals surface area (Å²) in [7, 11) is 0. The second-order valence-electron chi connectivity index (χ2n) is 3.04. The summed E-state index contributed by atoms with van der Waals surface area (Å²) in [5.74, 6) is -0.725. The van der Waals surface area contributed by atoms with E-state index in [1.54, 1.807) is 0 Å². The fourth-order valence-electron chi connectivity index (χ4n) is 1.12. The van der Waals surface area contributed by atoms with Crippen LogP contribution in [-0.4, -0.2) is 17.4 Å². The molecular formula is C11H12O4. The topological polar surface area (TPSA) is 63.6 Å². The molecule has 4 heteroatoms. The Morgan fingerprint density at radius 1 is 1.53 bits per heavy atom. The predicted molar refractivity (Wildman–Crippen MR) is 54.0 cm³/mol. The van der Waals surface area contributed by atoms with Crippen molar-refractivity contribution in [1.29, 1.82) is 0 Å². The van der Waals surface area contributed by atoms with Crippen molar-refractivity contribution in [2.24, 2.45) is 0 Å². The van der Waals surface area contributed by atoms with Gasteiger partial charge < -0.3 is 9.84 Å². The Labute approximate surface area is 87.5 Å². The summed E-state index contributed by atoms with van der Waals surface area (Å²) in [5.41, 5.74) is 0.166. The highest BCUT2D eigenvalue weighted by molar-refractivity contribution is 5.84. The van der Waals surface area contributed by atoms with E-state index in [0.29, 0.717) is 12.7 Å². The Kier molecular flexibility index (Phi) is 3.85.